The van der Waals surface area contributed by atoms with Crippen molar-refractivity contribution in [2.24, 2.45) is 4.99 Å². The molecule has 0 unspecified atom stereocenters. The molecule has 2 nitrogen and oxygen atoms in total. The smallest absolute Gasteiger partial charge is 0.190 e. The van der Waals surface area contributed by atoms with Gasteiger partial charge in [-0.25, -0.2) is 0 Å². The van der Waals surface area contributed by atoms with E-state index >= 15 is 0 Å². The molecule has 92 valence electrons. The zero-order chi connectivity index (χ0) is 11.5. The fourth-order valence-electron chi connectivity index (χ4n) is 2.26. The van der Waals surface area contributed by atoms with Crippen LogP contribution in [0.15, 0.2) is 59.9 Å². The molecule has 0 fully saturated rings. The SMILES string of the molecule is [Cl-].c1cc[n+](CC2=NCCc3ccccc32)cc1. The van der Waals surface area contributed by atoms with Crippen LogP contribution in [0.25, 0.3) is 0 Å². The number of hydrogen-bond acceptors (Lipinski definition) is 1. The number of nitrogens with zero attached hydrogens (tertiary/aromatic N) is 2. The molecule has 2 aromatic rings. The predicted molar refractivity (Wildman–Crippen MR) is 68.2 cm³/mol. The van der Waals surface area contributed by atoms with Crippen LogP contribution in [0.4, 0.5) is 0 Å². The van der Waals surface area contributed by atoms with Crippen LogP contribution < -0.4 is 17.0 Å². The van der Waals surface area contributed by atoms with Crippen LogP contribution in [0.1, 0.15) is 11.1 Å². The van der Waals surface area contributed by atoms with Gasteiger partial charge in [-0.05, 0) is 12.0 Å². The average molecular weight is 259 g/mol. The van der Waals surface area contributed by atoms with Crippen LogP contribution in [0.2, 0.25) is 0 Å². The number of hydrogen-bond donors (Lipinski definition) is 0. The maximum absolute atomic E-state index is 4.66. The molecule has 0 amide bonds. The van der Waals surface area contributed by atoms with Gasteiger partial charge in [0.2, 0.25) is 0 Å². The zero-order valence-electron chi connectivity index (χ0n) is 10.1. The van der Waals surface area contributed by atoms with Gasteiger partial charge in [0.25, 0.3) is 0 Å². The van der Waals surface area contributed by atoms with E-state index in [1.165, 1.54) is 16.8 Å². The molecule has 3 rings (SSSR count). The van der Waals surface area contributed by atoms with Crippen molar-refractivity contribution in [1.82, 2.24) is 0 Å². The second-order valence-corrected chi connectivity index (χ2v) is 4.28. The number of fused-ring (bicyclic) bond motifs is 1. The lowest BCUT2D eigenvalue weighted by molar-refractivity contribution is -0.681. The number of rotatable bonds is 2. The minimum absolute atomic E-state index is 0. The van der Waals surface area contributed by atoms with E-state index < -0.39 is 0 Å². The Morgan fingerprint density at radius 3 is 2.61 bits per heavy atom. The lowest BCUT2D eigenvalue weighted by Gasteiger charge is -2.14. The van der Waals surface area contributed by atoms with Crippen molar-refractivity contribution in [3.63, 3.8) is 0 Å². The summed E-state index contributed by atoms with van der Waals surface area (Å²) in [5.41, 5.74) is 3.94. The van der Waals surface area contributed by atoms with Gasteiger partial charge in [-0.2, -0.15) is 4.57 Å². The van der Waals surface area contributed by atoms with Crippen LogP contribution in [0.5, 0.6) is 0 Å². The van der Waals surface area contributed by atoms with Crippen LogP contribution in [-0.4, -0.2) is 12.3 Å². The Kier molecular flexibility index (Phi) is 4.11. The first-order valence-corrected chi connectivity index (χ1v) is 5.99. The highest BCUT2D eigenvalue weighted by molar-refractivity contribution is 6.01. The van der Waals surface area contributed by atoms with E-state index in [1.807, 2.05) is 6.07 Å². The highest BCUT2D eigenvalue weighted by Crippen LogP contribution is 2.15. The highest BCUT2D eigenvalue weighted by atomic mass is 35.5. The molecule has 1 aromatic carbocycles. The van der Waals surface area contributed by atoms with Gasteiger partial charge in [0.1, 0.15) is 5.71 Å². The molecular formula is C15H15ClN2. The normalized spacial score (nSPS) is 13.2. The first-order valence-electron chi connectivity index (χ1n) is 5.99. The van der Waals surface area contributed by atoms with Crippen molar-refractivity contribution in [2.45, 2.75) is 13.0 Å². The molecule has 0 bridgehead atoms. The first kappa shape index (κ1) is 12.8. The molecule has 1 aliphatic heterocycles. The van der Waals surface area contributed by atoms with E-state index in [1.54, 1.807) is 0 Å². The van der Waals surface area contributed by atoms with Gasteiger partial charge in [-0.15, -0.1) is 0 Å². The fourth-order valence-corrected chi connectivity index (χ4v) is 2.26. The molecule has 1 aromatic heterocycles. The minimum atomic E-state index is 0. The summed E-state index contributed by atoms with van der Waals surface area (Å²) in [7, 11) is 0. The monoisotopic (exact) mass is 258 g/mol. The quantitative estimate of drug-likeness (QED) is 0.616. The Hall–Kier alpha value is -1.67. The van der Waals surface area contributed by atoms with Crippen molar-refractivity contribution in [3.8, 4) is 0 Å². The van der Waals surface area contributed by atoms with Crippen molar-refractivity contribution in [2.75, 3.05) is 6.54 Å². The second-order valence-electron chi connectivity index (χ2n) is 4.28. The lowest BCUT2D eigenvalue weighted by Crippen LogP contribution is -3.00. The number of aromatic nitrogens is 1. The van der Waals surface area contributed by atoms with Gasteiger partial charge < -0.3 is 12.4 Å². The number of halogens is 1. The lowest BCUT2D eigenvalue weighted by atomic mass is 9.98. The van der Waals surface area contributed by atoms with E-state index in [0.29, 0.717) is 0 Å². The maximum atomic E-state index is 4.66. The topological polar surface area (TPSA) is 16.2 Å². The van der Waals surface area contributed by atoms with Gasteiger partial charge in [0.05, 0.1) is 0 Å². The Bertz CT molecular complexity index is 549. The molecule has 1 aliphatic rings. The highest BCUT2D eigenvalue weighted by Gasteiger charge is 2.16. The van der Waals surface area contributed by atoms with E-state index in [-0.39, 0.29) is 12.4 Å². The van der Waals surface area contributed by atoms with E-state index in [4.69, 9.17) is 0 Å². The third-order valence-corrected chi connectivity index (χ3v) is 3.12. The third kappa shape index (κ3) is 2.59. The summed E-state index contributed by atoms with van der Waals surface area (Å²) >= 11 is 0. The number of benzene rings is 1. The van der Waals surface area contributed by atoms with Crippen molar-refractivity contribution in [3.05, 3.63) is 66.0 Å². The molecule has 3 heteroatoms. The van der Waals surface area contributed by atoms with Crippen molar-refractivity contribution < 1.29 is 17.0 Å². The third-order valence-electron chi connectivity index (χ3n) is 3.12. The number of pyridine rings is 1. The summed E-state index contributed by atoms with van der Waals surface area (Å²) < 4.78 is 2.17. The Morgan fingerprint density at radius 1 is 1.00 bits per heavy atom. The van der Waals surface area contributed by atoms with E-state index in [2.05, 4.69) is 58.4 Å². The Labute approximate surface area is 113 Å². The Balaban J connectivity index is 0.00000120. The molecule has 0 spiro atoms. The molecule has 2 heterocycles. The molecule has 0 N–H and O–H groups in total. The number of aliphatic imine (C=N–C) groups is 1. The van der Waals surface area contributed by atoms with Gasteiger partial charge >= 0.3 is 0 Å². The Morgan fingerprint density at radius 2 is 1.78 bits per heavy atom. The van der Waals surface area contributed by atoms with Gasteiger partial charge in [0, 0.05) is 24.2 Å². The second kappa shape index (κ2) is 5.78. The summed E-state index contributed by atoms with van der Waals surface area (Å²) in [4.78, 5) is 4.66. The van der Waals surface area contributed by atoms with Crippen LogP contribution in [-0.2, 0) is 13.0 Å². The summed E-state index contributed by atoms with van der Waals surface area (Å²) in [5.74, 6) is 0. The van der Waals surface area contributed by atoms with Crippen LogP contribution in [0, 0.1) is 0 Å². The van der Waals surface area contributed by atoms with E-state index in [9.17, 15) is 0 Å². The molecular weight excluding hydrogens is 244 g/mol. The molecule has 0 saturated heterocycles. The molecule has 18 heavy (non-hydrogen) atoms. The van der Waals surface area contributed by atoms with E-state index in [0.717, 1.165) is 19.5 Å². The summed E-state index contributed by atoms with van der Waals surface area (Å²) in [6, 6.07) is 14.7. The van der Waals surface area contributed by atoms with Crippen molar-refractivity contribution in [1.29, 1.82) is 0 Å². The van der Waals surface area contributed by atoms with Gasteiger partial charge in [0.15, 0.2) is 18.9 Å². The van der Waals surface area contributed by atoms with Crippen LogP contribution in [0.3, 0.4) is 0 Å². The van der Waals surface area contributed by atoms with Crippen LogP contribution >= 0.6 is 0 Å². The molecule has 0 saturated carbocycles. The first-order chi connectivity index (χ1) is 8.43. The summed E-state index contributed by atoms with van der Waals surface area (Å²) in [6.45, 7) is 1.78. The standard InChI is InChI=1S/C15H15N2.ClH/c1-4-10-17(11-5-1)12-15-14-7-3-2-6-13(14)8-9-16-15;/h1-7,10-11H,8-9,12H2;1H/q+1;/p-1. The average Bonchev–Trinajstić information content (AvgIpc) is 2.40. The van der Waals surface area contributed by atoms with Gasteiger partial charge in [-0.1, -0.05) is 30.3 Å². The zero-order valence-corrected chi connectivity index (χ0v) is 10.8. The molecule has 0 radical (unpaired) electrons. The largest absolute Gasteiger partial charge is 1.00 e. The molecule has 0 atom stereocenters. The summed E-state index contributed by atoms with van der Waals surface area (Å²) in [5, 5.41) is 0. The predicted octanol–water partition coefficient (Wildman–Crippen LogP) is -0.976. The summed E-state index contributed by atoms with van der Waals surface area (Å²) in [6.07, 6.45) is 5.23. The van der Waals surface area contributed by atoms with Gasteiger partial charge in [-0.3, -0.25) is 4.99 Å². The maximum Gasteiger partial charge on any atom is 0.190 e. The fraction of sp³-hybridized carbons (Fsp3) is 0.200. The van der Waals surface area contributed by atoms with Crippen molar-refractivity contribution >= 4 is 5.71 Å². The minimum Gasteiger partial charge on any atom is -1.00 e. The molecule has 0 aliphatic carbocycles.